The number of piperazine rings is 1. The molecule has 2 aromatic rings. The third kappa shape index (κ3) is 4.42. The van der Waals surface area contributed by atoms with Crippen LogP contribution in [0.4, 0.5) is 0 Å². The van der Waals surface area contributed by atoms with Crippen LogP contribution in [0.1, 0.15) is 47.7 Å². The van der Waals surface area contributed by atoms with Crippen LogP contribution in [0.2, 0.25) is 0 Å². The molecule has 2 heterocycles. The molecule has 0 saturated carbocycles. The Bertz CT molecular complexity index is 824. The van der Waals surface area contributed by atoms with E-state index in [0.29, 0.717) is 12.8 Å². The second-order valence-electron chi connectivity index (χ2n) is 8.18. The molecule has 0 bridgehead atoms. The number of aryl methyl sites for hydroxylation is 2. The Kier molecular flexibility index (Phi) is 5.73. The minimum absolute atomic E-state index is 0.233. The molecule has 150 valence electrons. The zero-order valence-corrected chi connectivity index (χ0v) is 16.7. The van der Waals surface area contributed by atoms with Crippen LogP contribution >= 0.6 is 0 Å². The van der Waals surface area contributed by atoms with Gasteiger partial charge in [0.15, 0.2) is 0 Å². The number of primary amides is 1. The Labute approximate surface area is 166 Å². The molecule has 1 aliphatic carbocycles. The maximum absolute atomic E-state index is 11.0. The lowest BCUT2D eigenvalue weighted by molar-refractivity contribution is -0.118. The van der Waals surface area contributed by atoms with Crippen LogP contribution in [-0.4, -0.2) is 63.9 Å². The van der Waals surface area contributed by atoms with Gasteiger partial charge in [-0.3, -0.25) is 9.69 Å². The quantitative estimate of drug-likeness (QED) is 0.816. The van der Waals surface area contributed by atoms with Gasteiger partial charge in [-0.2, -0.15) is 0 Å². The highest BCUT2D eigenvalue weighted by atomic mass is 16.1. The van der Waals surface area contributed by atoms with E-state index in [2.05, 4.69) is 45.4 Å². The molecule has 4 rings (SSSR count). The summed E-state index contributed by atoms with van der Waals surface area (Å²) in [4.78, 5) is 15.9. The molecule has 2 N–H and O–H groups in total. The van der Waals surface area contributed by atoms with E-state index in [0.717, 1.165) is 57.7 Å². The van der Waals surface area contributed by atoms with E-state index in [1.165, 1.54) is 16.7 Å². The van der Waals surface area contributed by atoms with Crippen LogP contribution in [0, 0.1) is 0 Å². The topological polar surface area (TPSA) is 80.3 Å². The number of carbonyl (C=O) groups excluding carboxylic acids is 1. The van der Waals surface area contributed by atoms with E-state index in [-0.39, 0.29) is 11.9 Å². The average Bonchev–Trinajstić information content (AvgIpc) is 3.16. The number of fused-ring (bicyclic) bond motifs is 1. The Balaban J connectivity index is 1.46. The van der Waals surface area contributed by atoms with Gasteiger partial charge in [0.1, 0.15) is 0 Å². The summed E-state index contributed by atoms with van der Waals surface area (Å²) in [7, 11) is 2.19. The number of carbonyl (C=O) groups is 1. The smallest absolute Gasteiger partial charge is 0.217 e. The molecule has 1 amide bonds. The predicted octanol–water partition coefficient (Wildman–Crippen LogP) is 1.37. The SMILES string of the molecule is CN1CCN(Cc2ccc3c(c2)CCCC3n2cc(CCC(N)=O)nn2)CC1. The van der Waals surface area contributed by atoms with Crippen molar-refractivity contribution in [3.05, 3.63) is 46.8 Å². The number of hydrogen-bond acceptors (Lipinski definition) is 5. The summed E-state index contributed by atoms with van der Waals surface area (Å²) in [6, 6.07) is 7.19. The molecule has 1 aromatic heterocycles. The van der Waals surface area contributed by atoms with Gasteiger partial charge in [0.05, 0.1) is 11.7 Å². The number of aromatic nitrogens is 3. The van der Waals surface area contributed by atoms with Gasteiger partial charge in [0.25, 0.3) is 0 Å². The normalized spacial score (nSPS) is 20.8. The van der Waals surface area contributed by atoms with Crippen molar-refractivity contribution in [2.75, 3.05) is 33.2 Å². The molecule has 28 heavy (non-hydrogen) atoms. The highest BCUT2D eigenvalue weighted by Gasteiger charge is 2.24. The van der Waals surface area contributed by atoms with Crippen molar-refractivity contribution in [2.24, 2.45) is 5.73 Å². The van der Waals surface area contributed by atoms with Crippen molar-refractivity contribution >= 4 is 5.91 Å². The van der Waals surface area contributed by atoms with Crippen LogP contribution in [-0.2, 0) is 24.2 Å². The standard InChI is InChI=1S/C21H30N6O/c1-25-9-11-26(12-10-25)14-16-5-7-19-17(13-16)3-2-4-20(19)27-15-18(23-24-27)6-8-21(22)28/h5,7,13,15,20H,2-4,6,8-12,14H2,1H3,(H2,22,28). The number of nitrogens with zero attached hydrogens (tertiary/aromatic N) is 5. The van der Waals surface area contributed by atoms with Gasteiger partial charge in [-0.1, -0.05) is 23.4 Å². The first-order valence-electron chi connectivity index (χ1n) is 10.3. The number of rotatable bonds is 6. The molecular formula is C21H30N6O. The number of hydrogen-bond donors (Lipinski definition) is 1. The zero-order chi connectivity index (χ0) is 19.5. The van der Waals surface area contributed by atoms with Crippen molar-refractivity contribution in [3.63, 3.8) is 0 Å². The minimum atomic E-state index is -0.301. The molecule has 7 nitrogen and oxygen atoms in total. The van der Waals surface area contributed by atoms with Gasteiger partial charge in [-0.25, -0.2) is 4.68 Å². The third-order valence-electron chi connectivity index (χ3n) is 6.00. The molecular weight excluding hydrogens is 352 g/mol. The number of benzene rings is 1. The maximum Gasteiger partial charge on any atom is 0.217 e. The van der Waals surface area contributed by atoms with E-state index in [1.54, 1.807) is 0 Å². The molecule has 1 unspecified atom stereocenters. The Morgan fingerprint density at radius 1 is 1.25 bits per heavy atom. The van der Waals surface area contributed by atoms with Crippen molar-refractivity contribution in [1.29, 1.82) is 0 Å². The Hall–Kier alpha value is -2.25. The highest BCUT2D eigenvalue weighted by Crippen LogP contribution is 2.33. The molecule has 1 saturated heterocycles. The van der Waals surface area contributed by atoms with Gasteiger partial charge in [-0.15, -0.1) is 5.10 Å². The van der Waals surface area contributed by atoms with E-state index in [9.17, 15) is 4.79 Å². The van der Waals surface area contributed by atoms with Crippen LogP contribution in [0.5, 0.6) is 0 Å². The van der Waals surface area contributed by atoms with Crippen molar-refractivity contribution < 1.29 is 4.79 Å². The fourth-order valence-electron chi connectivity index (χ4n) is 4.31. The fraction of sp³-hybridized carbons (Fsp3) is 0.571. The van der Waals surface area contributed by atoms with E-state index in [1.807, 2.05) is 10.9 Å². The summed E-state index contributed by atoms with van der Waals surface area (Å²) < 4.78 is 1.97. The molecule has 1 aliphatic heterocycles. The van der Waals surface area contributed by atoms with Gasteiger partial charge in [-0.05, 0) is 43.0 Å². The Morgan fingerprint density at radius 2 is 2.07 bits per heavy atom. The van der Waals surface area contributed by atoms with Crippen LogP contribution in [0.3, 0.4) is 0 Å². The molecule has 7 heteroatoms. The number of amides is 1. The molecule has 2 aliphatic rings. The van der Waals surface area contributed by atoms with Crippen LogP contribution < -0.4 is 5.73 Å². The van der Waals surface area contributed by atoms with E-state index < -0.39 is 0 Å². The first-order chi connectivity index (χ1) is 13.6. The maximum atomic E-state index is 11.0. The lowest BCUT2D eigenvalue weighted by atomic mass is 9.86. The lowest BCUT2D eigenvalue weighted by Gasteiger charge is -2.33. The molecule has 0 spiro atoms. The van der Waals surface area contributed by atoms with E-state index in [4.69, 9.17) is 5.73 Å². The number of nitrogens with two attached hydrogens (primary N) is 1. The van der Waals surface area contributed by atoms with Crippen molar-refractivity contribution in [3.8, 4) is 0 Å². The summed E-state index contributed by atoms with van der Waals surface area (Å²) in [6.07, 6.45) is 6.20. The fourth-order valence-corrected chi connectivity index (χ4v) is 4.31. The molecule has 1 aromatic carbocycles. The average molecular weight is 383 g/mol. The minimum Gasteiger partial charge on any atom is -0.370 e. The number of likely N-dealkylation sites (N-methyl/N-ethyl adjacent to an activating group) is 1. The first-order valence-corrected chi connectivity index (χ1v) is 10.3. The largest absolute Gasteiger partial charge is 0.370 e. The van der Waals surface area contributed by atoms with Crippen LogP contribution in [0.15, 0.2) is 24.4 Å². The lowest BCUT2D eigenvalue weighted by Crippen LogP contribution is -2.43. The first kappa shape index (κ1) is 19.1. The van der Waals surface area contributed by atoms with Crippen molar-refractivity contribution in [1.82, 2.24) is 24.8 Å². The van der Waals surface area contributed by atoms with Crippen LogP contribution in [0.25, 0.3) is 0 Å². The molecule has 0 radical (unpaired) electrons. The second-order valence-corrected chi connectivity index (χ2v) is 8.18. The van der Waals surface area contributed by atoms with Crippen molar-refractivity contribution in [2.45, 2.75) is 44.7 Å². The predicted molar refractivity (Wildman–Crippen MR) is 108 cm³/mol. The summed E-state index contributed by atoms with van der Waals surface area (Å²) in [6.45, 7) is 5.62. The Morgan fingerprint density at radius 3 is 2.86 bits per heavy atom. The second kappa shape index (κ2) is 8.41. The van der Waals surface area contributed by atoms with Gasteiger partial charge in [0, 0.05) is 51.8 Å². The van der Waals surface area contributed by atoms with Gasteiger partial charge >= 0.3 is 0 Å². The molecule has 1 atom stereocenters. The van der Waals surface area contributed by atoms with Gasteiger partial charge < -0.3 is 10.6 Å². The molecule has 1 fully saturated rings. The van der Waals surface area contributed by atoms with E-state index >= 15 is 0 Å². The summed E-state index contributed by atoms with van der Waals surface area (Å²) in [5, 5.41) is 8.57. The highest BCUT2D eigenvalue weighted by molar-refractivity contribution is 5.73. The summed E-state index contributed by atoms with van der Waals surface area (Å²) in [5.74, 6) is -0.301. The summed E-state index contributed by atoms with van der Waals surface area (Å²) >= 11 is 0. The zero-order valence-electron chi connectivity index (χ0n) is 16.7. The van der Waals surface area contributed by atoms with Gasteiger partial charge in [0.2, 0.25) is 5.91 Å². The third-order valence-corrected chi connectivity index (χ3v) is 6.00. The summed E-state index contributed by atoms with van der Waals surface area (Å²) in [5.41, 5.74) is 10.3. The monoisotopic (exact) mass is 382 g/mol.